The van der Waals surface area contributed by atoms with Gasteiger partial charge in [0.1, 0.15) is 5.76 Å². The van der Waals surface area contributed by atoms with Crippen LogP contribution in [0.25, 0.3) is 0 Å². The number of nitrogens with zero attached hydrogens (tertiary/aromatic N) is 2. The molecule has 11 heteroatoms. The molecule has 2 heterocycles. The first kappa shape index (κ1) is 22.4. The monoisotopic (exact) mass is 418 g/mol. The molecule has 2 unspecified atom stereocenters. The molecule has 2 aliphatic rings. The molecule has 1 saturated heterocycles. The highest BCUT2D eigenvalue weighted by atomic mass is 32.2. The number of allylic oxidation sites excluding steroid dienone is 1. The molecule has 0 bridgehead atoms. The van der Waals surface area contributed by atoms with Crippen LogP contribution in [0.5, 0.6) is 0 Å². The fourth-order valence-electron chi connectivity index (χ4n) is 3.35. The van der Waals surface area contributed by atoms with Crippen LogP contribution >= 0.6 is 0 Å². The molecule has 2 amide bonds. The van der Waals surface area contributed by atoms with Crippen LogP contribution in [0.4, 0.5) is 0 Å². The van der Waals surface area contributed by atoms with Crippen LogP contribution in [0.15, 0.2) is 10.8 Å². The number of primary amides is 1. The van der Waals surface area contributed by atoms with Gasteiger partial charge in [-0.25, -0.2) is 8.42 Å². The van der Waals surface area contributed by atoms with E-state index in [9.17, 15) is 23.1 Å². The van der Waals surface area contributed by atoms with Crippen molar-refractivity contribution < 1.29 is 27.9 Å². The highest BCUT2D eigenvalue weighted by Crippen LogP contribution is 2.28. The standard InChI is InChI=1S/C17H30N4O6S/c1-11(16(18)24)6-7-15(23)19-13-5-4-8-21(9-14(13)22)28(25,26)17-12(2)27-10-20(17)3/h11,13-14,22H,4-10H2,1-3H3,(H2,18,24)(H,19,23)/t11?,13?,14-/m0/s1. The average molecular weight is 419 g/mol. The lowest BCUT2D eigenvalue weighted by atomic mass is 10.0. The number of hydrogen-bond donors (Lipinski definition) is 3. The second-order valence-corrected chi connectivity index (χ2v) is 9.27. The summed E-state index contributed by atoms with van der Waals surface area (Å²) in [6, 6.07) is -0.552. The summed E-state index contributed by atoms with van der Waals surface area (Å²) in [5, 5.41) is 13.4. The van der Waals surface area contributed by atoms with Gasteiger partial charge in [0.05, 0.1) is 12.1 Å². The van der Waals surface area contributed by atoms with Crippen LogP contribution in [0, 0.1) is 5.92 Å². The minimum absolute atomic E-state index is 0.0997. The van der Waals surface area contributed by atoms with E-state index in [-0.39, 0.29) is 37.2 Å². The van der Waals surface area contributed by atoms with Gasteiger partial charge in [0.2, 0.25) is 11.8 Å². The lowest BCUT2D eigenvalue weighted by molar-refractivity contribution is -0.124. The maximum atomic E-state index is 13.0. The molecular weight excluding hydrogens is 388 g/mol. The van der Waals surface area contributed by atoms with Crippen LogP contribution in [0.1, 0.15) is 39.5 Å². The van der Waals surface area contributed by atoms with Gasteiger partial charge >= 0.3 is 0 Å². The largest absolute Gasteiger partial charge is 0.475 e. The number of β-amino-alcohol motifs (C(OH)–C–C–N with tert-alkyl or cyclic N) is 1. The van der Waals surface area contributed by atoms with E-state index in [0.717, 1.165) is 0 Å². The van der Waals surface area contributed by atoms with Crippen LogP contribution in [0.2, 0.25) is 0 Å². The fourth-order valence-corrected chi connectivity index (χ4v) is 5.18. The minimum atomic E-state index is -3.81. The Labute approximate surface area is 165 Å². The number of ether oxygens (including phenoxy) is 1. The van der Waals surface area contributed by atoms with Gasteiger partial charge in [-0.15, -0.1) is 0 Å². The number of carbonyl (C=O) groups is 2. The number of aliphatic hydroxyl groups is 1. The maximum absolute atomic E-state index is 13.0. The van der Waals surface area contributed by atoms with E-state index in [1.54, 1.807) is 20.9 Å². The van der Waals surface area contributed by atoms with Gasteiger partial charge in [-0.2, -0.15) is 4.31 Å². The number of nitrogens with one attached hydrogen (secondary N) is 1. The molecule has 2 rings (SSSR count). The molecule has 0 aromatic heterocycles. The topological polar surface area (TPSA) is 142 Å². The lowest BCUT2D eigenvalue weighted by Gasteiger charge is -2.26. The minimum Gasteiger partial charge on any atom is -0.475 e. The van der Waals surface area contributed by atoms with E-state index >= 15 is 0 Å². The molecule has 0 radical (unpaired) electrons. The van der Waals surface area contributed by atoms with Crippen molar-refractivity contribution >= 4 is 21.8 Å². The van der Waals surface area contributed by atoms with Crippen molar-refractivity contribution in [2.75, 3.05) is 26.9 Å². The van der Waals surface area contributed by atoms with Gasteiger partial charge in [0.15, 0.2) is 11.8 Å². The Kier molecular flexibility index (Phi) is 7.29. The summed E-state index contributed by atoms with van der Waals surface area (Å²) >= 11 is 0. The molecule has 28 heavy (non-hydrogen) atoms. The van der Waals surface area contributed by atoms with Crippen molar-refractivity contribution in [3.8, 4) is 0 Å². The van der Waals surface area contributed by atoms with Crippen molar-refractivity contribution in [2.24, 2.45) is 11.7 Å². The third kappa shape index (κ3) is 5.15. The summed E-state index contributed by atoms with van der Waals surface area (Å²) in [5.74, 6) is -0.841. The first-order valence-electron chi connectivity index (χ1n) is 9.35. The van der Waals surface area contributed by atoms with Crippen molar-refractivity contribution in [3.05, 3.63) is 10.8 Å². The number of rotatable bonds is 7. The number of sulfonamides is 1. The first-order valence-corrected chi connectivity index (χ1v) is 10.8. The van der Waals surface area contributed by atoms with E-state index in [4.69, 9.17) is 10.5 Å². The Morgan fingerprint density at radius 1 is 1.43 bits per heavy atom. The molecule has 4 N–H and O–H groups in total. The third-order valence-electron chi connectivity index (χ3n) is 5.12. The highest BCUT2D eigenvalue weighted by Gasteiger charge is 2.38. The number of hydrogen-bond acceptors (Lipinski definition) is 7. The number of amides is 2. The van der Waals surface area contributed by atoms with Gasteiger partial charge in [-0.3, -0.25) is 9.59 Å². The van der Waals surface area contributed by atoms with Crippen molar-refractivity contribution in [3.63, 3.8) is 0 Å². The smallest absolute Gasteiger partial charge is 0.261 e. The summed E-state index contributed by atoms with van der Waals surface area (Å²) in [7, 11) is -2.18. The van der Waals surface area contributed by atoms with Gasteiger partial charge in [-0.05, 0) is 26.2 Å². The number of aliphatic hydroxyl groups excluding tert-OH is 1. The quantitative estimate of drug-likeness (QED) is 0.494. The third-order valence-corrected chi connectivity index (χ3v) is 7.22. The summed E-state index contributed by atoms with van der Waals surface area (Å²) in [6.45, 7) is 3.55. The Morgan fingerprint density at radius 3 is 2.68 bits per heavy atom. The van der Waals surface area contributed by atoms with Gasteiger partial charge < -0.3 is 25.8 Å². The molecule has 0 aromatic rings. The average Bonchev–Trinajstić information content (AvgIpc) is 2.84. The first-order chi connectivity index (χ1) is 13.0. The van der Waals surface area contributed by atoms with Crippen LogP contribution < -0.4 is 11.1 Å². The SMILES string of the molecule is CC1=C(S(=O)(=O)N2CCCC(NC(=O)CCC(C)C(N)=O)[C@@H](O)C2)N(C)CO1. The lowest BCUT2D eigenvalue weighted by Crippen LogP contribution is -2.47. The molecule has 0 aromatic carbocycles. The summed E-state index contributed by atoms with van der Waals surface area (Å²) in [5.41, 5.74) is 5.19. The molecule has 3 atom stereocenters. The molecule has 2 aliphatic heterocycles. The van der Waals surface area contributed by atoms with E-state index in [2.05, 4.69) is 5.32 Å². The molecule has 0 saturated carbocycles. The van der Waals surface area contributed by atoms with Crippen LogP contribution in [-0.4, -0.2) is 73.6 Å². The zero-order valence-electron chi connectivity index (χ0n) is 16.6. The van der Waals surface area contributed by atoms with E-state index in [1.807, 2.05) is 0 Å². The predicted octanol–water partition coefficient (Wildman–Crippen LogP) is -0.732. The Bertz CT molecular complexity index is 738. The molecule has 160 valence electrons. The van der Waals surface area contributed by atoms with Crippen LogP contribution in [-0.2, 0) is 24.3 Å². The van der Waals surface area contributed by atoms with Gasteiger partial charge in [0.25, 0.3) is 10.0 Å². The van der Waals surface area contributed by atoms with Crippen molar-refractivity contribution in [1.29, 1.82) is 0 Å². The number of nitrogens with two attached hydrogens (primary N) is 1. The van der Waals surface area contributed by atoms with E-state index < -0.39 is 34.0 Å². The van der Waals surface area contributed by atoms with Crippen molar-refractivity contribution in [2.45, 2.75) is 51.7 Å². The van der Waals surface area contributed by atoms with Gasteiger partial charge in [0, 0.05) is 32.5 Å². The van der Waals surface area contributed by atoms with E-state index in [0.29, 0.717) is 25.0 Å². The zero-order valence-corrected chi connectivity index (χ0v) is 17.4. The molecule has 10 nitrogen and oxygen atoms in total. The summed E-state index contributed by atoms with van der Waals surface area (Å²) in [4.78, 5) is 24.7. The molecule has 1 fully saturated rings. The Hall–Kier alpha value is -1.85. The van der Waals surface area contributed by atoms with Gasteiger partial charge in [-0.1, -0.05) is 6.92 Å². The fraction of sp³-hybridized carbons (Fsp3) is 0.765. The van der Waals surface area contributed by atoms with E-state index in [1.165, 1.54) is 9.21 Å². The Balaban J connectivity index is 1.99. The summed E-state index contributed by atoms with van der Waals surface area (Å²) < 4.78 is 32.5. The summed E-state index contributed by atoms with van der Waals surface area (Å²) in [6.07, 6.45) is 0.349. The molecular formula is C17H30N4O6S. The second-order valence-electron chi connectivity index (χ2n) is 7.42. The highest BCUT2D eigenvalue weighted by molar-refractivity contribution is 7.92. The maximum Gasteiger partial charge on any atom is 0.261 e. The Morgan fingerprint density at radius 2 is 2.11 bits per heavy atom. The molecule has 0 spiro atoms. The zero-order chi connectivity index (χ0) is 21.1. The second kappa shape index (κ2) is 9.10. The molecule has 0 aliphatic carbocycles. The number of carbonyl (C=O) groups excluding carboxylic acids is 2. The van der Waals surface area contributed by atoms with Crippen LogP contribution in [0.3, 0.4) is 0 Å². The van der Waals surface area contributed by atoms with Crippen molar-refractivity contribution in [1.82, 2.24) is 14.5 Å². The normalized spacial score (nSPS) is 25.2. The predicted molar refractivity (Wildman–Crippen MR) is 102 cm³/mol.